The second-order valence-electron chi connectivity index (χ2n) is 6.31. The van der Waals surface area contributed by atoms with E-state index in [9.17, 15) is 18.0 Å². The van der Waals surface area contributed by atoms with Crippen LogP contribution in [0.5, 0.6) is 5.88 Å². The number of hydrogen-bond donors (Lipinski definition) is 2. The zero-order valence-corrected chi connectivity index (χ0v) is 14.7. The lowest BCUT2D eigenvalue weighted by atomic mass is 10.0. The van der Waals surface area contributed by atoms with E-state index in [2.05, 4.69) is 26.4 Å². The van der Waals surface area contributed by atoms with Gasteiger partial charge in [-0.2, -0.15) is 18.4 Å². The van der Waals surface area contributed by atoms with Crippen LogP contribution in [0.1, 0.15) is 34.7 Å². The van der Waals surface area contributed by atoms with Crippen molar-refractivity contribution in [2.24, 2.45) is 0 Å². The highest BCUT2D eigenvalue weighted by Gasteiger charge is 2.29. The third-order valence-electron chi connectivity index (χ3n) is 4.33. The van der Waals surface area contributed by atoms with Crippen LogP contribution in [0.25, 0.3) is 0 Å². The maximum Gasteiger partial charge on any atom is 0.422 e. The minimum Gasteiger partial charge on any atom is -0.468 e. The van der Waals surface area contributed by atoms with Crippen molar-refractivity contribution in [3.63, 3.8) is 0 Å². The van der Waals surface area contributed by atoms with Gasteiger partial charge in [0.25, 0.3) is 0 Å². The number of amides is 2. The summed E-state index contributed by atoms with van der Waals surface area (Å²) in [6.07, 6.45) is -1.71. The SMILES string of the molecule is N#Cc1cccc2c1CC[C@@H]2NC(=O)NCc1ccnc(OCC(F)(F)F)c1. The van der Waals surface area contributed by atoms with Gasteiger partial charge in [-0.15, -0.1) is 0 Å². The molecule has 6 nitrogen and oxygen atoms in total. The predicted molar refractivity (Wildman–Crippen MR) is 93.4 cm³/mol. The molecule has 0 radical (unpaired) electrons. The van der Waals surface area contributed by atoms with Crippen molar-refractivity contribution in [1.82, 2.24) is 15.6 Å². The zero-order chi connectivity index (χ0) is 20.1. The summed E-state index contributed by atoms with van der Waals surface area (Å²) in [5.41, 5.74) is 3.06. The first-order valence-electron chi connectivity index (χ1n) is 8.56. The molecule has 1 aromatic heterocycles. The van der Waals surface area contributed by atoms with Gasteiger partial charge < -0.3 is 15.4 Å². The Bertz CT molecular complexity index is 909. The highest BCUT2D eigenvalue weighted by Crippen LogP contribution is 2.32. The summed E-state index contributed by atoms with van der Waals surface area (Å²) in [6, 6.07) is 9.91. The lowest BCUT2D eigenvalue weighted by Gasteiger charge is -2.15. The van der Waals surface area contributed by atoms with Gasteiger partial charge in [-0.3, -0.25) is 0 Å². The molecule has 0 unspecified atom stereocenters. The van der Waals surface area contributed by atoms with Gasteiger partial charge in [0.2, 0.25) is 5.88 Å². The molecule has 0 saturated heterocycles. The van der Waals surface area contributed by atoms with Crippen LogP contribution in [0.3, 0.4) is 0 Å². The van der Waals surface area contributed by atoms with E-state index in [0.29, 0.717) is 24.0 Å². The fraction of sp³-hybridized carbons (Fsp3) is 0.316. The molecule has 28 heavy (non-hydrogen) atoms. The topological polar surface area (TPSA) is 87.0 Å². The first kappa shape index (κ1) is 19.5. The number of benzene rings is 1. The molecule has 0 fully saturated rings. The molecule has 0 spiro atoms. The summed E-state index contributed by atoms with van der Waals surface area (Å²) in [5, 5.41) is 14.7. The van der Waals surface area contributed by atoms with Gasteiger partial charge in [-0.25, -0.2) is 9.78 Å². The van der Waals surface area contributed by atoms with Gasteiger partial charge in [0.15, 0.2) is 6.61 Å². The summed E-state index contributed by atoms with van der Waals surface area (Å²) < 4.78 is 41.2. The molecule has 1 aliphatic rings. The summed E-state index contributed by atoms with van der Waals surface area (Å²) in [4.78, 5) is 15.9. The Morgan fingerprint density at radius 3 is 2.93 bits per heavy atom. The molecular weight excluding hydrogens is 373 g/mol. The summed E-state index contributed by atoms with van der Waals surface area (Å²) in [6.45, 7) is -1.32. The minimum atomic E-state index is -4.45. The largest absolute Gasteiger partial charge is 0.468 e. The summed E-state index contributed by atoms with van der Waals surface area (Å²) >= 11 is 0. The normalized spacial score (nSPS) is 15.4. The maximum absolute atomic E-state index is 12.2. The molecular formula is C19H17F3N4O2. The van der Waals surface area contributed by atoms with Gasteiger partial charge in [-0.05, 0) is 41.7 Å². The number of fused-ring (bicyclic) bond motifs is 1. The van der Waals surface area contributed by atoms with Gasteiger partial charge in [0.05, 0.1) is 17.7 Å². The number of alkyl halides is 3. The lowest BCUT2D eigenvalue weighted by molar-refractivity contribution is -0.154. The van der Waals surface area contributed by atoms with Crippen molar-refractivity contribution in [3.05, 3.63) is 58.8 Å². The number of pyridine rings is 1. The molecule has 0 bridgehead atoms. The molecule has 1 aliphatic carbocycles. The summed E-state index contributed by atoms with van der Waals surface area (Å²) in [5.74, 6) is -0.161. The van der Waals surface area contributed by atoms with Gasteiger partial charge in [-0.1, -0.05) is 12.1 Å². The smallest absolute Gasteiger partial charge is 0.422 e. The highest BCUT2D eigenvalue weighted by molar-refractivity contribution is 5.74. The maximum atomic E-state index is 12.2. The fourth-order valence-corrected chi connectivity index (χ4v) is 3.10. The predicted octanol–water partition coefficient (Wildman–Crippen LogP) is 3.38. The Morgan fingerprint density at radius 2 is 2.18 bits per heavy atom. The average Bonchev–Trinajstić information content (AvgIpc) is 3.07. The van der Waals surface area contributed by atoms with Crippen molar-refractivity contribution >= 4 is 6.03 Å². The Kier molecular flexibility index (Phi) is 5.68. The van der Waals surface area contributed by atoms with Crippen molar-refractivity contribution in [3.8, 4) is 11.9 Å². The molecule has 1 aromatic carbocycles. The van der Waals surface area contributed by atoms with Crippen LogP contribution in [0.2, 0.25) is 0 Å². The van der Waals surface area contributed by atoms with Crippen LogP contribution in [-0.4, -0.2) is 23.8 Å². The number of nitriles is 1. The number of aromatic nitrogens is 1. The molecule has 1 atom stereocenters. The number of ether oxygens (including phenoxy) is 1. The van der Waals surface area contributed by atoms with Crippen molar-refractivity contribution < 1.29 is 22.7 Å². The third kappa shape index (κ3) is 4.91. The third-order valence-corrected chi connectivity index (χ3v) is 4.33. The average molecular weight is 390 g/mol. The molecule has 2 aromatic rings. The molecule has 146 valence electrons. The Labute approximate surface area is 159 Å². The van der Waals surface area contributed by atoms with Crippen LogP contribution >= 0.6 is 0 Å². The number of carbonyl (C=O) groups is 1. The van der Waals surface area contributed by atoms with Gasteiger partial charge >= 0.3 is 12.2 Å². The zero-order valence-electron chi connectivity index (χ0n) is 14.7. The van der Waals surface area contributed by atoms with Crippen LogP contribution in [0, 0.1) is 11.3 Å². The molecule has 2 amide bonds. The lowest BCUT2D eigenvalue weighted by Crippen LogP contribution is -2.36. The molecule has 2 N–H and O–H groups in total. The van der Waals surface area contributed by atoms with E-state index in [1.54, 1.807) is 18.2 Å². The highest BCUT2D eigenvalue weighted by atomic mass is 19.4. The molecule has 0 saturated carbocycles. The first-order chi connectivity index (χ1) is 13.4. The number of rotatable bonds is 5. The van der Waals surface area contributed by atoms with E-state index in [0.717, 1.165) is 11.1 Å². The van der Waals surface area contributed by atoms with Gasteiger partial charge in [0, 0.05) is 18.8 Å². The van der Waals surface area contributed by atoms with Crippen molar-refractivity contribution in [2.75, 3.05) is 6.61 Å². The van der Waals surface area contributed by atoms with Crippen molar-refractivity contribution in [2.45, 2.75) is 31.6 Å². The number of nitrogens with one attached hydrogen (secondary N) is 2. The van der Waals surface area contributed by atoms with Crippen LogP contribution < -0.4 is 15.4 Å². The Morgan fingerprint density at radius 1 is 1.36 bits per heavy atom. The second-order valence-corrected chi connectivity index (χ2v) is 6.31. The molecule has 9 heteroatoms. The van der Waals surface area contributed by atoms with E-state index >= 15 is 0 Å². The van der Waals surface area contributed by atoms with E-state index in [4.69, 9.17) is 5.26 Å². The van der Waals surface area contributed by atoms with Crippen LogP contribution in [0.15, 0.2) is 36.5 Å². The first-order valence-corrected chi connectivity index (χ1v) is 8.56. The summed E-state index contributed by atoms with van der Waals surface area (Å²) in [7, 11) is 0. The van der Waals surface area contributed by atoms with Gasteiger partial charge in [0.1, 0.15) is 0 Å². The Hall–Kier alpha value is -3.28. The number of halogens is 3. The van der Waals surface area contributed by atoms with Crippen LogP contribution in [0.4, 0.5) is 18.0 Å². The van der Waals surface area contributed by atoms with Crippen LogP contribution in [-0.2, 0) is 13.0 Å². The fourth-order valence-electron chi connectivity index (χ4n) is 3.10. The number of nitrogens with zero attached hydrogens (tertiary/aromatic N) is 2. The Balaban J connectivity index is 1.54. The van der Waals surface area contributed by atoms with E-state index in [1.165, 1.54) is 12.3 Å². The second kappa shape index (κ2) is 8.17. The molecule has 3 rings (SSSR count). The van der Waals surface area contributed by atoms with E-state index < -0.39 is 18.8 Å². The van der Waals surface area contributed by atoms with Crippen molar-refractivity contribution in [1.29, 1.82) is 5.26 Å². The van der Waals surface area contributed by atoms with E-state index in [-0.39, 0.29) is 18.5 Å². The quantitative estimate of drug-likeness (QED) is 0.819. The number of urea groups is 1. The molecule has 1 heterocycles. The molecule has 0 aliphatic heterocycles. The number of hydrogen-bond acceptors (Lipinski definition) is 4. The standard InChI is InChI=1S/C19H17F3N4O2/c20-19(21,22)11-28-17-8-12(6-7-24-17)10-25-18(27)26-16-5-4-14-13(9-23)2-1-3-15(14)16/h1-3,6-8,16H,4-5,10-11H2,(H2,25,26,27)/t16-/m0/s1. The monoisotopic (exact) mass is 390 g/mol. The van der Waals surface area contributed by atoms with E-state index in [1.807, 2.05) is 6.07 Å². The number of carbonyl (C=O) groups excluding carboxylic acids is 1. The minimum absolute atomic E-state index is 0.106.